The molecule has 1 fully saturated rings. The van der Waals surface area contributed by atoms with Crippen LogP contribution < -0.4 is 10.1 Å². The van der Waals surface area contributed by atoms with Crippen molar-refractivity contribution < 1.29 is 14.3 Å². The lowest BCUT2D eigenvalue weighted by Gasteiger charge is -2.34. The van der Waals surface area contributed by atoms with Gasteiger partial charge in [0.2, 0.25) is 5.91 Å². The zero-order valence-electron chi connectivity index (χ0n) is 14.8. The van der Waals surface area contributed by atoms with Gasteiger partial charge in [-0.3, -0.25) is 9.59 Å². The normalized spacial score (nSPS) is 14.1. The van der Waals surface area contributed by atoms with Crippen LogP contribution in [0, 0.1) is 0 Å². The van der Waals surface area contributed by atoms with Crippen LogP contribution in [-0.4, -0.2) is 64.9 Å². The van der Waals surface area contributed by atoms with Crippen molar-refractivity contribution in [3.8, 4) is 5.75 Å². The van der Waals surface area contributed by atoms with E-state index in [1.807, 2.05) is 24.3 Å². The number of carbonyl (C=O) groups excluding carboxylic acids is 2. The Morgan fingerprint density at radius 3 is 2.46 bits per heavy atom. The molecule has 3 rings (SSSR count). The Morgan fingerprint density at radius 1 is 1.08 bits per heavy atom. The SMILES string of the molecule is COc1ccccc1Nc1cc(C(=O)N2CCN(C(C)=O)CC2)ncn1. The number of rotatable bonds is 4. The molecule has 2 amide bonds. The number of benzene rings is 1. The maximum absolute atomic E-state index is 12.7. The number of hydrogen-bond donors (Lipinski definition) is 1. The van der Waals surface area contributed by atoms with Crippen molar-refractivity contribution in [3.63, 3.8) is 0 Å². The average molecular weight is 355 g/mol. The van der Waals surface area contributed by atoms with E-state index in [0.29, 0.717) is 43.4 Å². The lowest BCUT2D eigenvalue weighted by Crippen LogP contribution is -2.50. The molecule has 1 aliphatic heterocycles. The number of piperazine rings is 1. The van der Waals surface area contributed by atoms with Gasteiger partial charge in [-0.1, -0.05) is 12.1 Å². The van der Waals surface area contributed by atoms with Crippen molar-refractivity contribution in [3.05, 3.63) is 42.4 Å². The highest BCUT2D eigenvalue weighted by Crippen LogP contribution is 2.26. The third kappa shape index (κ3) is 3.90. The summed E-state index contributed by atoms with van der Waals surface area (Å²) in [5.41, 5.74) is 1.07. The van der Waals surface area contributed by atoms with E-state index < -0.39 is 0 Å². The molecular formula is C18H21N5O3. The number of nitrogens with zero attached hydrogens (tertiary/aromatic N) is 4. The zero-order chi connectivity index (χ0) is 18.5. The zero-order valence-corrected chi connectivity index (χ0v) is 14.8. The summed E-state index contributed by atoms with van der Waals surface area (Å²) in [5.74, 6) is 1.05. The van der Waals surface area contributed by atoms with Crippen LogP contribution in [0.5, 0.6) is 5.75 Å². The molecule has 0 radical (unpaired) electrons. The summed E-state index contributed by atoms with van der Waals surface area (Å²) in [6.07, 6.45) is 1.36. The van der Waals surface area contributed by atoms with Gasteiger partial charge in [-0.05, 0) is 12.1 Å². The van der Waals surface area contributed by atoms with Crippen LogP contribution in [0.4, 0.5) is 11.5 Å². The summed E-state index contributed by atoms with van der Waals surface area (Å²) < 4.78 is 5.31. The van der Waals surface area contributed by atoms with E-state index in [1.54, 1.807) is 23.0 Å². The van der Waals surface area contributed by atoms with Gasteiger partial charge in [-0.15, -0.1) is 0 Å². The third-order valence-electron chi connectivity index (χ3n) is 4.27. The minimum Gasteiger partial charge on any atom is -0.495 e. The number of aromatic nitrogens is 2. The van der Waals surface area contributed by atoms with Gasteiger partial charge < -0.3 is 19.9 Å². The number of nitrogens with one attached hydrogen (secondary N) is 1. The molecule has 0 aliphatic carbocycles. The summed E-state index contributed by atoms with van der Waals surface area (Å²) in [5, 5.41) is 3.14. The van der Waals surface area contributed by atoms with Gasteiger partial charge in [-0.25, -0.2) is 9.97 Å². The molecule has 0 atom stereocenters. The molecule has 0 saturated carbocycles. The number of methoxy groups -OCH3 is 1. The smallest absolute Gasteiger partial charge is 0.272 e. The van der Waals surface area contributed by atoms with E-state index in [2.05, 4.69) is 15.3 Å². The minimum atomic E-state index is -0.168. The number of para-hydroxylation sites is 2. The van der Waals surface area contributed by atoms with Crippen LogP contribution in [0.3, 0.4) is 0 Å². The van der Waals surface area contributed by atoms with Gasteiger partial charge >= 0.3 is 0 Å². The first kappa shape index (κ1) is 17.7. The second kappa shape index (κ2) is 7.81. The first-order valence-corrected chi connectivity index (χ1v) is 8.35. The summed E-state index contributed by atoms with van der Waals surface area (Å²) in [4.78, 5) is 35.8. The largest absolute Gasteiger partial charge is 0.495 e. The molecule has 8 heteroatoms. The van der Waals surface area contributed by atoms with Crippen LogP contribution in [0.15, 0.2) is 36.7 Å². The molecule has 0 unspecified atom stereocenters. The van der Waals surface area contributed by atoms with Crippen molar-refractivity contribution in [2.75, 3.05) is 38.6 Å². The van der Waals surface area contributed by atoms with Gasteiger partial charge in [0.05, 0.1) is 12.8 Å². The number of hydrogen-bond acceptors (Lipinski definition) is 6. The molecule has 1 aliphatic rings. The number of anilines is 2. The van der Waals surface area contributed by atoms with E-state index in [1.165, 1.54) is 13.3 Å². The molecule has 1 saturated heterocycles. The van der Waals surface area contributed by atoms with Gasteiger partial charge in [0.25, 0.3) is 5.91 Å². The average Bonchev–Trinajstić information content (AvgIpc) is 2.68. The van der Waals surface area contributed by atoms with E-state index in [4.69, 9.17) is 4.74 Å². The van der Waals surface area contributed by atoms with Crippen molar-refractivity contribution in [1.82, 2.24) is 19.8 Å². The number of ether oxygens (including phenoxy) is 1. The second-order valence-electron chi connectivity index (χ2n) is 5.91. The highest BCUT2D eigenvalue weighted by Gasteiger charge is 2.24. The lowest BCUT2D eigenvalue weighted by atomic mass is 10.2. The van der Waals surface area contributed by atoms with Crippen LogP contribution in [0.1, 0.15) is 17.4 Å². The molecular weight excluding hydrogens is 334 g/mol. The second-order valence-corrected chi connectivity index (χ2v) is 5.91. The number of carbonyl (C=O) groups is 2. The van der Waals surface area contributed by atoms with Crippen molar-refractivity contribution in [2.24, 2.45) is 0 Å². The fraction of sp³-hybridized carbons (Fsp3) is 0.333. The molecule has 1 aromatic heterocycles. The topological polar surface area (TPSA) is 87.7 Å². The first-order chi connectivity index (χ1) is 12.6. The van der Waals surface area contributed by atoms with Crippen molar-refractivity contribution in [1.29, 1.82) is 0 Å². The van der Waals surface area contributed by atoms with Gasteiger partial charge in [0.15, 0.2) is 0 Å². The monoisotopic (exact) mass is 355 g/mol. The fourth-order valence-corrected chi connectivity index (χ4v) is 2.81. The highest BCUT2D eigenvalue weighted by atomic mass is 16.5. The van der Waals surface area contributed by atoms with Gasteiger partial charge in [0.1, 0.15) is 23.6 Å². The molecule has 136 valence electrons. The van der Waals surface area contributed by atoms with Crippen LogP contribution in [0.25, 0.3) is 0 Å². The molecule has 0 spiro atoms. The van der Waals surface area contributed by atoms with Crippen LogP contribution >= 0.6 is 0 Å². The maximum atomic E-state index is 12.7. The quantitative estimate of drug-likeness (QED) is 0.895. The van der Waals surface area contributed by atoms with Crippen molar-refractivity contribution in [2.45, 2.75) is 6.92 Å². The fourth-order valence-electron chi connectivity index (χ4n) is 2.81. The first-order valence-electron chi connectivity index (χ1n) is 8.35. The third-order valence-corrected chi connectivity index (χ3v) is 4.27. The van der Waals surface area contributed by atoms with E-state index >= 15 is 0 Å². The molecule has 26 heavy (non-hydrogen) atoms. The molecule has 8 nitrogen and oxygen atoms in total. The van der Waals surface area contributed by atoms with Crippen LogP contribution in [0.2, 0.25) is 0 Å². The minimum absolute atomic E-state index is 0.0300. The van der Waals surface area contributed by atoms with E-state index in [0.717, 1.165) is 5.69 Å². The molecule has 2 aromatic rings. The highest BCUT2D eigenvalue weighted by molar-refractivity contribution is 5.93. The summed E-state index contributed by atoms with van der Waals surface area (Å²) in [6, 6.07) is 9.08. The summed E-state index contributed by atoms with van der Waals surface area (Å²) >= 11 is 0. The Morgan fingerprint density at radius 2 is 1.77 bits per heavy atom. The molecule has 0 bridgehead atoms. The van der Waals surface area contributed by atoms with E-state index in [-0.39, 0.29) is 11.8 Å². The van der Waals surface area contributed by atoms with Gasteiger partial charge in [-0.2, -0.15) is 0 Å². The molecule has 1 N–H and O–H groups in total. The Kier molecular flexibility index (Phi) is 5.31. The van der Waals surface area contributed by atoms with Crippen molar-refractivity contribution >= 4 is 23.3 Å². The number of amides is 2. The Labute approximate surface area is 151 Å². The summed E-state index contributed by atoms with van der Waals surface area (Å²) in [7, 11) is 1.59. The predicted molar refractivity (Wildman–Crippen MR) is 96.5 cm³/mol. The Balaban J connectivity index is 1.71. The van der Waals surface area contributed by atoms with Crippen LogP contribution in [-0.2, 0) is 4.79 Å². The van der Waals surface area contributed by atoms with Gasteiger partial charge in [0, 0.05) is 39.2 Å². The maximum Gasteiger partial charge on any atom is 0.272 e. The Hall–Kier alpha value is -3.16. The predicted octanol–water partition coefficient (Wildman–Crippen LogP) is 1.53. The Bertz CT molecular complexity index is 803. The molecule has 2 heterocycles. The van der Waals surface area contributed by atoms with E-state index in [9.17, 15) is 9.59 Å². The lowest BCUT2D eigenvalue weighted by molar-refractivity contribution is -0.130. The summed E-state index contributed by atoms with van der Waals surface area (Å²) in [6.45, 7) is 3.62. The standard InChI is InChI=1S/C18H21N5O3/c1-13(24)22-7-9-23(10-8-22)18(25)15-11-17(20-12-19-15)21-14-5-3-4-6-16(14)26-2/h3-6,11-12H,7-10H2,1-2H3,(H,19,20,21). The molecule has 1 aromatic carbocycles.